The monoisotopic (exact) mass is 310 g/mol. The van der Waals surface area contributed by atoms with Crippen LogP contribution < -0.4 is 0 Å². The number of aliphatic hydroxyl groups excluding tert-OH is 2. The fraction of sp³-hybridized carbons (Fsp3) is 0.765. The highest BCUT2D eigenvalue weighted by atomic mass is 16.5. The molecule has 0 aromatic heterocycles. The summed E-state index contributed by atoms with van der Waals surface area (Å²) in [5, 5.41) is 19.7. The van der Waals surface area contributed by atoms with Crippen molar-refractivity contribution in [2.24, 2.45) is 23.2 Å². The van der Waals surface area contributed by atoms with Crippen LogP contribution in [0.2, 0.25) is 0 Å². The Bertz CT molecular complexity index is 481. The topological polar surface area (TPSA) is 83.8 Å². The van der Waals surface area contributed by atoms with Crippen molar-refractivity contribution in [2.75, 3.05) is 13.2 Å². The Morgan fingerprint density at radius 3 is 2.64 bits per heavy atom. The van der Waals surface area contributed by atoms with Gasteiger partial charge < -0.3 is 14.9 Å². The predicted octanol–water partition coefficient (Wildman–Crippen LogP) is 1.47. The number of hydrogen-bond acceptors (Lipinski definition) is 5. The van der Waals surface area contributed by atoms with Crippen molar-refractivity contribution in [3.63, 3.8) is 0 Å². The molecule has 2 N–H and O–H groups in total. The lowest BCUT2D eigenvalue weighted by atomic mass is 9.54. The van der Waals surface area contributed by atoms with E-state index in [9.17, 15) is 19.8 Å². The van der Waals surface area contributed by atoms with E-state index in [4.69, 9.17) is 4.74 Å². The van der Waals surface area contributed by atoms with Crippen molar-refractivity contribution < 1.29 is 24.5 Å². The molecule has 0 aromatic rings. The fourth-order valence-corrected chi connectivity index (χ4v) is 4.30. The molecule has 5 nitrogen and oxygen atoms in total. The van der Waals surface area contributed by atoms with Crippen LogP contribution in [-0.2, 0) is 14.3 Å². The molecule has 0 bridgehead atoms. The van der Waals surface area contributed by atoms with Crippen molar-refractivity contribution in [1.82, 2.24) is 0 Å². The number of rotatable bonds is 4. The third kappa shape index (κ3) is 2.97. The van der Waals surface area contributed by atoms with Gasteiger partial charge in [0.1, 0.15) is 6.10 Å². The maximum atomic E-state index is 12.0. The maximum Gasteiger partial charge on any atom is 0.302 e. The highest BCUT2D eigenvalue weighted by molar-refractivity contribution is 5.92. The first kappa shape index (κ1) is 17.2. The lowest BCUT2D eigenvalue weighted by Crippen LogP contribution is -2.54. The molecule has 4 atom stereocenters. The van der Waals surface area contributed by atoms with Crippen molar-refractivity contribution in [1.29, 1.82) is 0 Å². The van der Waals surface area contributed by atoms with Crippen LogP contribution in [0.1, 0.15) is 40.0 Å². The normalized spacial score (nSPS) is 35.1. The van der Waals surface area contributed by atoms with Crippen LogP contribution in [0, 0.1) is 23.2 Å². The van der Waals surface area contributed by atoms with Gasteiger partial charge in [0.25, 0.3) is 0 Å². The Morgan fingerprint density at radius 2 is 2.14 bits per heavy atom. The first-order valence-corrected chi connectivity index (χ1v) is 7.97. The third-order valence-corrected chi connectivity index (χ3v) is 5.31. The highest BCUT2D eigenvalue weighted by Gasteiger charge is 2.54. The van der Waals surface area contributed by atoms with Gasteiger partial charge in [-0.15, -0.1) is 0 Å². The Hall–Kier alpha value is -1.20. The maximum absolute atomic E-state index is 12.0. The van der Waals surface area contributed by atoms with Crippen LogP contribution in [-0.4, -0.2) is 41.3 Å². The second kappa shape index (κ2) is 6.50. The summed E-state index contributed by atoms with van der Waals surface area (Å²) in [7, 11) is 0. The average Bonchev–Trinajstić information content (AvgIpc) is 2.45. The van der Waals surface area contributed by atoms with E-state index in [0.717, 1.165) is 6.42 Å². The molecule has 124 valence electrons. The van der Waals surface area contributed by atoms with Gasteiger partial charge in [-0.25, -0.2) is 0 Å². The quantitative estimate of drug-likeness (QED) is 0.768. The molecule has 1 saturated carbocycles. The van der Waals surface area contributed by atoms with Gasteiger partial charge >= 0.3 is 5.97 Å². The molecule has 0 unspecified atom stereocenters. The van der Waals surface area contributed by atoms with E-state index in [1.165, 1.54) is 13.0 Å². The molecule has 2 aliphatic rings. The average molecular weight is 310 g/mol. The lowest BCUT2D eigenvalue weighted by molar-refractivity contribution is -0.167. The van der Waals surface area contributed by atoms with E-state index in [2.05, 4.69) is 13.8 Å². The number of carbonyl (C=O) groups is 2. The third-order valence-electron chi connectivity index (χ3n) is 5.31. The summed E-state index contributed by atoms with van der Waals surface area (Å²) in [6.45, 7) is 5.17. The van der Waals surface area contributed by atoms with Crippen molar-refractivity contribution in [3.8, 4) is 0 Å². The summed E-state index contributed by atoms with van der Waals surface area (Å²) in [5.41, 5.74) is -0.0306. The van der Waals surface area contributed by atoms with E-state index in [1.807, 2.05) is 0 Å². The van der Waals surface area contributed by atoms with Gasteiger partial charge in [0.15, 0.2) is 5.78 Å². The van der Waals surface area contributed by atoms with Gasteiger partial charge in [-0.3, -0.25) is 9.59 Å². The van der Waals surface area contributed by atoms with Crippen LogP contribution in [0.3, 0.4) is 0 Å². The molecule has 0 saturated heterocycles. The Kier molecular flexibility index (Phi) is 5.07. The van der Waals surface area contributed by atoms with Gasteiger partial charge in [-0.05, 0) is 36.3 Å². The number of ether oxygens (including phenoxy) is 1. The largest absolute Gasteiger partial charge is 0.462 e. The Balaban J connectivity index is 2.49. The van der Waals surface area contributed by atoms with E-state index in [-0.39, 0.29) is 43.2 Å². The molecular formula is C17H26O5. The van der Waals surface area contributed by atoms with Gasteiger partial charge in [0.2, 0.25) is 0 Å². The zero-order valence-electron chi connectivity index (χ0n) is 13.5. The van der Waals surface area contributed by atoms with Crippen LogP contribution in [0.5, 0.6) is 0 Å². The second-order valence-electron chi connectivity index (χ2n) is 7.04. The minimum absolute atomic E-state index is 0.0704. The molecular weight excluding hydrogens is 284 g/mol. The summed E-state index contributed by atoms with van der Waals surface area (Å²) in [5.74, 6) is -0.238. The summed E-state index contributed by atoms with van der Waals surface area (Å²) < 4.78 is 5.62. The van der Waals surface area contributed by atoms with Crippen LogP contribution in [0.15, 0.2) is 11.6 Å². The molecule has 22 heavy (non-hydrogen) atoms. The van der Waals surface area contributed by atoms with Gasteiger partial charge in [-0.2, -0.15) is 0 Å². The van der Waals surface area contributed by atoms with Crippen LogP contribution >= 0.6 is 0 Å². The SMILES string of the molecule is CC(=O)O[C@@H]1[C@H](C(C)C)CC[C@@]2(CO)CC(=O)C=C(CO)[C@@H]12. The van der Waals surface area contributed by atoms with Crippen molar-refractivity contribution in [3.05, 3.63) is 11.6 Å². The number of ketones is 1. The second-order valence-corrected chi connectivity index (χ2v) is 7.04. The van der Waals surface area contributed by atoms with Crippen molar-refractivity contribution >= 4 is 11.8 Å². The highest BCUT2D eigenvalue weighted by Crippen LogP contribution is 2.53. The minimum atomic E-state index is -0.616. The Labute approximate surface area is 131 Å². The molecule has 0 spiro atoms. The van der Waals surface area contributed by atoms with E-state index in [1.54, 1.807) is 0 Å². The van der Waals surface area contributed by atoms with E-state index >= 15 is 0 Å². The predicted molar refractivity (Wildman–Crippen MR) is 80.9 cm³/mol. The summed E-state index contributed by atoms with van der Waals surface area (Å²) in [4.78, 5) is 23.6. The number of esters is 1. The smallest absolute Gasteiger partial charge is 0.302 e. The van der Waals surface area contributed by atoms with Crippen LogP contribution in [0.4, 0.5) is 0 Å². The lowest BCUT2D eigenvalue weighted by Gasteiger charge is -2.52. The van der Waals surface area contributed by atoms with E-state index in [0.29, 0.717) is 17.9 Å². The Morgan fingerprint density at radius 1 is 1.45 bits per heavy atom. The molecule has 5 heteroatoms. The molecule has 0 aliphatic heterocycles. The van der Waals surface area contributed by atoms with Crippen LogP contribution in [0.25, 0.3) is 0 Å². The molecule has 1 fully saturated rings. The number of hydrogen-bond donors (Lipinski definition) is 2. The molecule has 0 radical (unpaired) electrons. The molecule has 0 amide bonds. The van der Waals surface area contributed by atoms with Crippen molar-refractivity contribution in [2.45, 2.75) is 46.1 Å². The van der Waals surface area contributed by atoms with Gasteiger partial charge in [0.05, 0.1) is 6.61 Å². The first-order chi connectivity index (χ1) is 10.3. The number of aliphatic hydroxyl groups is 2. The van der Waals surface area contributed by atoms with Gasteiger partial charge in [-0.1, -0.05) is 13.8 Å². The number of allylic oxidation sites excluding steroid dienone is 1. The summed E-state index contributed by atoms with van der Waals surface area (Å²) in [6.07, 6.45) is 2.83. The standard InChI is InChI=1S/C17H26O5/c1-10(2)14-4-5-17(9-19)7-13(21)6-12(8-18)15(17)16(14)22-11(3)20/h6,10,14-16,18-19H,4-5,7-9H2,1-3H3/t14-,15-,16+,17-/m0/s1. The van der Waals surface area contributed by atoms with Gasteiger partial charge in [0, 0.05) is 31.3 Å². The number of carbonyl (C=O) groups excluding carboxylic acids is 2. The molecule has 0 heterocycles. The molecule has 2 rings (SSSR count). The van der Waals surface area contributed by atoms with E-state index < -0.39 is 11.5 Å². The summed E-state index contributed by atoms with van der Waals surface area (Å²) >= 11 is 0. The first-order valence-electron chi connectivity index (χ1n) is 7.97. The zero-order chi connectivity index (χ0) is 16.5. The minimum Gasteiger partial charge on any atom is -0.462 e. The number of fused-ring (bicyclic) bond motifs is 1. The fourth-order valence-electron chi connectivity index (χ4n) is 4.30. The summed E-state index contributed by atoms with van der Waals surface area (Å²) in [6, 6.07) is 0. The molecule has 0 aromatic carbocycles. The molecule has 2 aliphatic carbocycles. The zero-order valence-corrected chi connectivity index (χ0v) is 13.5.